The lowest BCUT2D eigenvalue weighted by atomic mass is 9.80. The fourth-order valence-electron chi connectivity index (χ4n) is 3.19. The Labute approximate surface area is 156 Å². The first-order valence-corrected chi connectivity index (χ1v) is 9.01. The van der Waals surface area contributed by atoms with Gasteiger partial charge in [-0.1, -0.05) is 44.7 Å². The largest absolute Gasteiger partial charge is 0.354 e. The van der Waals surface area contributed by atoms with Gasteiger partial charge in [-0.15, -0.1) is 12.4 Å². The van der Waals surface area contributed by atoms with Crippen molar-refractivity contribution in [1.82, 2.24) is 10.6 Å². The number of halogens is 1. The zero-order chi connectivity index (χ0) is 17.4. The van der Waals surface area contributed by atoms with Crippen molar-refractivity contribution in [3.05, 3.63) is 35.4 Å². The van der Waals surface area contributed by atoms with Crippen LogP contribution in [0.25, 0.3) is 0 Å². The molecule has 1 aliphatic carbocycles. The number of hydrogen-bond acceptors (Lipinski definition) is 3. The van der Waals surface area contributed by atoms with E-state index in [4.69, 9.17) is 5.73 Å². The molecule has 0 heterocycles. The average molecular weight is 368 g/mol. The smallest absolute Gasteiger partial charge is 0.252 e. The third-order valence-corrected chi connectivity index (χ3v) is 4.76. The fraction of sp³-hybridized carbons (Fsp3) is 0.579. The van der Waals surface area contributed by atoms with E-state index in [9.17, 15) is 9.59 Å². The van der Waals surface area contributed by atoms with Gasteiger partial charge in [0.15, 0.2) is 0 Å². The monoisotopic (exact) mass is 367 g/mol. The van der Waals surface area contributed by atoms with Crippen molar-refractivity contribution in [2.45, 2.75) is 64.0 Å². The molecule has 6 heteroatoms. The second-order valence-electron chi connectivity index (χ2n) is 6.61. The molecular formula is C19H30ClN3O2. The molecule has 0 saturated heterocycles. The standard InChI is InChI=1S/C19H29N3O2.ClH/c1-2-3-13-21-18(24)19(11-5-4-6-12-19)22-17(23)16-9-7-15(14-20)8-10-16;/h7-10H,2-6,11-14,20H2,1H3,(H,21,24)(H,22,23);1H. The van der Waals surface area contributed by atoms with E-state index < -0.39 is 5.54 Å². The van der Waals surface area contributed by atoms with Crippen LogP contribution in [0.4, 0.5) is 0 Å². The van der Waals surface area contributed by atoms with Crippen LogP contribution in [0.15, 0.2) is 24.3 Å². The third kappa shape index (κ3) is 5.72. The van der Waals surface area contributed by atoms with Crippen molar-refractivity contribution in [2.75, 3.05) is 6.54 Å². The molecule has 25 heavy (non-hydrogen) atoms. The number of hydrogen-bond donors (Lipinski definition) is 3. The number of benzene rings is 1. The molecule has 4 N–H and O–H groups in total. The highest BCUT2D eigenvalue weighted by Crippen LogP contribution is 2.29. The maximum Gasteiger partial charge on any atom is 0.252 e. The minimum Gasteiger partial charge on any atom is -0.354 e. The van der Waals surface area contributed by atoms with Crippen molar-refractivity contribution >= 4 is 24.2 Å². The van der Waals surface area contributed by atoms with Gasteiger partial charge in [-0.25, -0.2) is 0 Å². The van der Waals surface area contributed by atoms with Crippen LogP contribution >= 0.6 is 12.4 Å². The Balaban J connectivity index is 0.00000312. The molecule has 1 aromatic rings. The Morgan fingerprint density at radius 3 is 2.32 bits per heavy atom. The zero-order valence-corrected chi connectivity index (χ0v) is 15.8. The van der Waals surface area contributed by atoms with Gasteiger partial charge in [-0.2, -0.15) is 0 Å². The molecule has 0 radical (unpaired) electrons. The molecular weight excluding hydrogens is 338 g/mol. The summed E-state index contributed by atoms with van der Waals surface area (Å²) >= 11 is 0. The van der Waals surface area contributed by atoms with Crippen molar-refractivity contribution in [1.29, 1.82) is 0 Å². The van der Waals surface area contributed by atoms with E-state index in [0.29, 0.717) is 31.5 Å². The van der Waals surface area contributed by atoms with E-state index in [1.807, 2.05) is 12.1 Å². The van der Waals surface area contributed by atoms with Crippen LogP contribution in [-0.2, 0) is 11.3 Å². The molecule has 0 spiro atoms. The summed E-state index contributed by atoms with van der Waals surface area (Å²) in [5, 5.41) is 6.03. The molecule has 2 amide bonds. The Morgan fingerprint density at radius 2 is 1.76 bits per heavy atom. The normalized spacial score (nSPS) is 15.8. The second kappa shape index (κ2) is 10.4. The number of nitrogens with one attached hydrogen (secondary N) is 2. The first-order chi connectivity index (χ1) is 11.6. The van der Waals surface area contributed by atoms with E-state index in [1.54, 1.807) is 12.1 Å². The number of rotatable bonds is 7. The average Bonchev–Trinajstić information content (AvgIpc) is 2.62. The number of amides is 2. The molecule has 0 atom stereocenters. The van der Waals surface area contributed by atoms with Crippen LogP contribution in [0.3, 0.4) is 0 Å². The molecule has 1 saturated carbocycles. The zero-order valence-electron chi connectivity index (χ0n) is 15.0. The Morgan fingerprint density at radius 1 is 1.12 bits per heavy atom. The summed E-state index contributed by atoms with van der Waals surface area (Å²) in [6, 6.07) is 7.24. The van der Waals surface area contributed by atoms with Gasteiger partial charge in [-0.05, 0) is 37.0 Å². The SMILES string of the molecule is CCCCNC(=O)C1(NC(=O)c2ccc(CN)cc2)CCCCC1.Cl. The van der Waals surface area contributed by atoms with Crippen LogP contribution in [-0.4, -0.2) is 23.9 Å². The summed E-state index contributed by atoms with van der Waals surface area (Å²) in [6.45, 7) is 3.21. The highest BCUT2D eigenvalue weighted by molar-refractivity contribution is 5.99. The van der Waals surface area contributed by atoms with Crippen LogP contribution < -0.4 is 16.4 Å². The molecule has 140 valence electrons. The summed E-state index contributed by atoms with van der Waals surface area (Å²) in [7, 11) is 0. The first-order valence-electron chi connectivity index (χ1n) is 9.01. The highest BCUT2D eigenvalue weighted by Gasteiger charge is 2.40. The molecule has 1 aromatic carbocycles. The van der Waals surface area contributed by atoms with E-state index in [2.05, 4.69) is 17.6 Å². The highest BCUT2D eigenvalue weighted by atomic mass is 35.5. The van der Waals surface area contributed by atoms with E-state index in [1.165, 1.54) is 0 Å². The Kier molecular flexibility index (Phi) is 8.93. The van der Waals surface area contributed by atoms with Crippen molar-refractivity contribution in [3.8, 4) is 0 Å². The third-order valence-electron chi connectivity index (χ3n) is 4.76. The van der Waals surface area contributed by atoms with Crippen LogP contribution in [0.2, 0.25) is 0 Å². The summed E-state index contributed by atoms with van der Waals surface area (Å²) < 4.78 is 0. The van der Waals surface area contributed by atoms with Gasteiger partial charge in [0.2, 0.25) is 5.91 Å². The predicted octanol–water partition coefficient (Wildman–Crippen LogP) is 2.92. The lowest BCUT2D eigenvalue weighted by Gasteiger charge is -2.36. The van der Waals surface area contributed by atoms with Crippen molar-refractivity contribution < 1.29 is 9.59 Å². The number of unbranched alkanes of at least 4 members (excludes halogenated alkanes) is 1. The van der Waals surface area contributed by atoms with Crippen LogP contribution in [0, 0.1) is 0 Å². The summed E-state index contributed by atoms with van der Waals surface area (Å²) in [5.74, 6) is -0.228. The van der Waals surface area contributed by atoms with Gasteiger partial charge in [0.25, 0.3) is 5.91 Å². The maximum absolute atomic E-state index is 12.7. The lowest BCUT2D eigenvalue weighted by Crippen LogP contribution is -2.59. The first kappa shape index (κ1) is 21.5. The van der Waals surface area contributed by atoms with E-state index >= 15 is 0 Å². The molecule has 5 nitrogen and oxygen atoms in total. The number of nitrogens with two attached hydrogens (primary N) is 1. The van der Waals surface area contributed by atoms with Crippen LogP contribution in [0.5, 0.6) is 0 Å². The van der Waals surface area contributed by atoms with Gasteiger partial charge in [-0.3, -0.25) is 9.59 Å². The molecule has 0 aliphatic heterocycles. The summed E-state index contributed by atoms with van der Waals surface area (Å²) in [5.41, 5.74) is 6.37. The topological polar surface area (TPSA) is 84.2 Å². The van der Waals surface area contributed by atoms with E-state index in [-0.39, 0.29) is 24.2 Å². The molecule has 2 rings (SSSR count). The summed E-state index contributed by atoms with van der Waals surface area (Å²) in [4.78, 5) is 25.3. The van der Waals surface area contributed by atoms with Gasteiger partial charge in [0.05, 0.1) is 0 Å². The molecule has 1 aliphatic rings. The van der Waals surface area contributed by atoms with Gasteiger partial charge >= 0.3 is 0 Å². The molecule has 1 fully saturated rings. The maximum atomic E-state index is 12.7. The van der Waals surface area contributed by atoms with Crippen LogP contribution in [0.1, 0.15) is 67.8 Å². The number of carbonyl (C=O) groups is 2. The Bertz CT molecular complexity index is 554. The Hall–Kier alpha value is -1.59. The van der Waals surface area contributed by atoms with Crippen molar-refractivity contribution in [3.63, 3.8) is 0 Å². The minimum absolute atomic E-state index is 0. The second-order valence-corrected chi connectivity index (χ2v) is 6.61. The fourth-order valence-corrected chi connectivity index (χ4v) is 3.19. The number of carbonyl (C=O) groups excluding carboxylic acids is 2. The molecule has 0 bridgehead atoms. The minimum atomic E-state index is -0.768. The lowest BCUT2D eigenvalue weighted by molar-refractivity contribution is -0.128. The summed E-state index contributed by atoms with van der Waals surface area (Å²) in [6.07, 6.45) is 6.45. The molecule has 0 unspecified atom stereocenters. The quantitative estimate of drug-likeness (QED) is 0.648. The van der Waals surface area contributed by atoms with Gasteiger partial charge < -0.3 is 16.4 Å². The van der Waals surface area contributed by atoms with E-state index in [0.717, 1.165) is 37.7 Å². The van der Waals surface area contributed by atoms with Gasteiger partial charge in [0, 0.05) is 18.7 Å². The molecule has 0 aromatic heterocycles. The van der Waals surface area contributed by atoms with Crippen molar-refractivity contribution in [2.24, 2.45) is 5.73 Å². The predicted molar refractivity (Wildman–Crippen MR) is 103 cm³/mol. The van der Waals surface area contributed by atoms with Gasteiger partial charge in [0.1, 0.15) is 5.54 Å².